The number of carbonyl (C=O) groups excluding carboxylic acids is 1. The van der Waals surface area contributed by atoms with Gasteiger partial charge in [-0.25, -0.2) is 8.42 Å². The molecule has 1 N–H and O–H groups in total. The topological polar surface area (TPSA) is 91.8 Å². The number of aliphatic carboxylic acids is 1. The van der Waals surface area contributed by atoms with Gasteiger partial charge < -0.3 is 10.0 Å². The number of carbonyl (C=O) groups is 2. The van der Waals surface area contributed by atoms with Crippen molar-refractivity contribution in [2.45, 2.75) is 43.8 Å². The average molecular weight is 303 g/mol. The molecule has 0 radical (unpaired) electrons. The van der Waals surface area contributed by atoms with Crippen LogP contribution in [0, 0.1) is 5.92 Å². The van der Waals surface area contributed by atoms with Gasteiger partial charge in [-0.05, 0) is 31.6 Å². The van der Waals surface area contributed by atoms with Gasteiger partial charge in [0.1, 0.15) is 5.25 Å². The van der Waals surface area contributed by atoms with Crippen molar-refractivity contribution in [2.75, 3.05) is 18.8 Å². The fraction of sp³-hybridized carbons (Fsp3) is 0.846. The maximum absolute atomic E-state index is 12.4. The van der Waals surface area contributed by atoms with E-state index in [0.717, 1.165) is 19.3 Å². The Labute approximate surface area is 119 Å². The van der Waals surface area contributed by atoms with Gasteiger partial charge in [0, 0.05) is 19.5 Å². The molecule has 2 saturated heterocycles. The highest BCUT2D eigenvalue weighted by Crippen LogP contribution is 2.25. The van der Waals surface area contributed by atoms with E-state index in [1.54, 1.807) is 4.90 Å². The maximum Gasteiger partial charge on any atom is 0.303 e. The Morgan fingerprint density at radius 3 is 2.55 bits per heavy atom. The Morgan fingerprint density at radius 1 is 1.15 bits per heavy atom. The van der Waals surface area contributed by atoms with Crippen molar-refractivity contribution in [1.82, 2.24) is 4.90 Å². The molecule has 1 amide bonds. The summed E-state index contributed by atoms with van der Waals surface area (Å²) in [6, 6.07) is 0. The van der Waals surface area contributed by atoms with Gasteiger partial charge in [0.2, 0.25) is 5.91 Å². The van der Waals surface area contributed by atoms with Gasteiger partial charge in [0.25, 0.3) is 0 Å². The zero-order chi connectivity index (χ0) is 14.8. The van der Waals surface area contributed by atoms with Crippen LogP contribution in [0.1, 0.15) is 38.5 Å². The number of nitrogens with zero attached hydrogens (tertiary/aromatic N) is 1. The molecule has 6 nitrogen and oxygen atoms in total. The highest BCUT2D eigenvalue weighted by Gasteiger charge is 2.38. The molecule has 2 heterocycles. The quantitative estimate of drug-likeness (QED) is 0.827. The second-order valence-electron chi connectivity index (χ2n) is 5.74. The minimum atomic E-state index is -3.32. The molecule has 2 aliphatic heterocycles. The third-order valence-corrected chi connectivity index (χ3v) is 6.31. The van der Waals surface area contributed by atoms with Crippen molar-refractivity contribution in [3.8, 4) is 0 Å². The molecule has 2 atom stereocenters. The molecule has 2 fully saturated rings. The Balaban J connectivity index is 2.03. The number of likely N-dealkylation sites (tertiary alicyclic amines) is 1. The molecule has 0 aliphatic carbocycles. The molecular formula is C13H21NO5S. The van der Waals surface area contributed by atoms with Crippen LogP contribution in [-0.4, -0.2) is 54.4 Å². The number of rotatable bonds is 3. The number of piperidine rings is 1. The van der Waals surface area contributed by atoms with E-state index < -0.39 is 21.1 Å². The number of hydrogen-bond donors (Lipinski definition) is 1. The molecular weight excluding hydrogens is 282 g/mol. The third-order valence-electron chi connectivity index (χ3n) is 4.15. The zero-order valence-electron chi connectivity index (χ0n) is 11.5. The highest BCUT2D eigenvalue weighted by molar-refractivity contribution is 7.92. The second-order valence-corrected chi connectivity index (χ2v) is 8.04. The fourth-order valence-corrected chi connectivity index (χ4v) is 4.99. The van der Waals surface area contributed by atoms with Crippen LogP contribution in [0.15, 0.2) is 0 Å². The third kappa shape index (κ3) is 3.50. The van der Waals surface area contributed by atoms with Crippen LogP contribution in [0.25, 0.3) is 0 Å². The first-order chi connectivity index (χ1) is 9.40. The molecule has 7 heteroatoms. The molecule has 2 aliphatic rings. The van der Waals surface area contributed by atoms with E-state index in [9.17, 15) is 18.0 Å². The molecule has 2 rings (SSSR count). The molecule has 114 valence electrons. The van der Waals surface area contributed by atoms with Gasteiger partial charge in [0.05, 0.1) is 5.75 Å². The number of carboxylic acid groups (broad SMARTS) is 1. The van der Waals surface area contributed by atoms with E-state index in [1.807, 2.05) is 0 Å². The largest absolute Gasteiger partial charge is 0.481 e. The number of hydrogen-bond acceptors (Lipinski definition) is 4. The van der Waals surface area contributed by atoms with Crippen LogP contribution in [0.2, 0.25) is 0 Å². The summed E-state index contributed by atoms with van der Waals surface area (Å²) in [7, 11) is -3.32. The van der Waals surface area contributed by atoms with Crippen LogP contribution in [0.5, 0.6) is 0 Å². The summed E-state index contributed by atoms with van der Waals surface area (Å²) in [5.74, 6) is -1.15. The lowest BCUT2D eigenvalue weighted by atomic mass is 9.94. The van der Waals surface area contributed by atoms with Crippen molar-refractivity contribution in [3.05, 3.63) is 0 Å². The first-order valence-corrected chi connectivity index (χ1v) is 8.84. The van der Waals surface area contributed by atoms with Gasteiger partial charge in [0.15, 0.2) is 9.84 Å². The van der Waals surface area contributed by atoms with E-state index in [1.165, 1.54) is 0 Å². The van der Waals surface area contributed by atoms with Crippen LogP contribution in [-0.2, 0) is 19.4 Å². The molecule has 0 aromatic carbocycles. The highest BCUT2D eigenvalue weighted by atomic mass is 32.2. The van der Waals surface area contributed by atoms with E-state index in [2.05, 4.69) is 0 Å². The van der Waals surface area contributed by atoms with E-state index >= 15 is 0 Å². The summed E-state index contributed by atoms with van der Waals surface area (Å²) in [6.45, 7) is 0.915. The molecule has 2 unspecified atom stereocenters. The first kappa shape index (κ1) is 15.3. The monoisotopic (exact) mass is 303 g/mol. The Hall–Kier alpha value is -1.11. The van der Waals surface area contributed by atoms with Crippen LogP contribution in [0.3, 0.4) is 0 Å². The fourth-order valence-electron chi connectivity index (χ4n) is 3.11. The Bertz CT molecular complexity index is 487. The molecule has 0 spiro atoms. The maximum atomic E-state index is 12.4. The standard InChI is InChI=1S/C13H21NO5S/c15-12(16)8-10-4-3-6-14(9-10)13(17)11-5-1-2-7-20(11,18)19/h10-11H,1-9H2,(H,15,16). The average Bonchev–Trinajstić information content (AvgIpc) is 2.37. The summed E-state index contributed by atoms with van der Waals surface area (Å²) in [5, 5.41) is 7.92. The Kier molecular flexibility index (Phi) is 4.67. The van der Waals surface area contributed by atoms with E-state index in [-0.39, 0.29) is 24.0 Å². The van der Waals surface area contributed by atoms with Crippen molar-refractivity contribution in [2.24, 2.45) is 5.92 Å². The summed E-state index contributed by atoms with van der Waals surface area (Å²) < 4.78 is 24.0. The molecule has 0 bridgehead atoms. The number of sulfone groups is 1. The summed E-state index contributed by atoms with van der Waals surface area (Å²) >= 11 is 0. The van der Waals surface area contributed by atoms with Crippen LogP contribution >= 0.6 is 0 Å². The predicted octanol–water partition coefficient (Wildman–Crippen LogP) is 0.667. The van der Waals surface area contributed by atoms with E-state index in [4.69, 9.17) is 5.11 Å². The van der Waals surface area contributed by atoms with Crippen molar-refractivity contribution < 1.29 is 23.1 Å². The summed E-state index contributed by atoms with van der Waals surface area (Å²) in [4.78, 5) is 24.7. The van der Waals surface area contributed by atoms with E-state index in [0.29, 0.717) is 25.9 Å². The first-order valence-electron chi connectivity index (χ1n) is 7.12. The van der Waals surface area contributed by atoms with Crippen molar-refractivity contribution >= 4 is 21.7 Å². The molecule has 0 aromatic rings. The van der Waals surface area contributed by atoms with Gasteiger partial charge in [-0.1, -0.05) is 6.42 Å². The Morgan fingerprint density at radius 2 is 1.90 bits per heavy atom. The van der Waals surface area contributed by atoms with Crippen molar-refractivity contribution in [1.29, 1.82) is 0 Å². The number of amides is 1. The van der Waals surface area contributed by atoms with Gasteiger partial charge in [-0.15, -0.1) is 0 Å². The molecule has 0 saturated carbocycles. The molecule has 20 heavy (non-hydrogen) atoms. The smallest absolute Gasteiger partial charge is 0.303 e. The summed E-state index contributed by atoms with van der Waals surface area (Å²) in [6.07, 6.45) is 3.38. The van der Waals surface area contributed by atoms with Gasteiger partial charge >= 0.3 is 5.97 Å². The minimum absolute atomic E-state index is 0.0429. The second kappa shape index (κ2) is 6.11. The minimum Gasteiger partial charge on any atom is -0.481 e. The number of carboxylic acids is 1. The molecule has 0 aromatic heterocycles. The van der Waals surface area contributed by atoms with Gasteiger partial charge in [-0.2, -0.15) is 0 Å². The zero-order valence-corrected chi connectivity index (χ0v) is 12.3. The summed E-state index contributed by atoms with van der Waals surface area (Å²) in [5.41, 5.74) is 0. The SMILES string of the molecule is O=C(O)CC1CCCN(C(=O)C2CCCCS2(=O)=O)C1. The van der Waals surface area contributed by atoms with Crippen LogP contribution < -0.4 is 0 Å². The normalized spacial score (nSPS) is 29.9. The lowest BCUT2D eigenvalue weighted by molar-refractivity contribution is -0.140. The van der Waals surface area contributed by atoms with Crippen LogP contribution in [0.4, 0.5) is 0 Å². The lowest BCUT2D eigenvalue weighted by Crippen LogP contribution is -2.49. The van der Waals surface area contributed by atoms with Gasteiger partial charge in [-0.3, -0.25) is 9.59 Å². The lowest BCUT2D eigenvalue weighted by Gasteiger charge is -2.35. The van der Waals surface area contributed by atoms with Crippen molar-refractivity contribution in [3.63, 3.8) is 0 Å². The predicted molar refractivity (Wildman–Crippen MR) is 73.0 cm³/mol.